The van der Waals surface area contributed by atoms with Gasteiger partial charge in [0.2, 0.25) is 0 Å². The number of nitrogens with one attached hydrogen (secondary N) is 1. The van der Waals surface area contributed by atoms with E-state index in [1.807, 2.05) is 24.8 Å². The molecule has 1 atom stereocenters. The number of hydrogen-bond donors (Lipinski definition) is 1. The van der Waals surface area contributed by atoms with Gasteiger partial charge in [-0.05, 0) is 25.1 Å². The van der Waals surface area contributed by atoms with Crippen molar-refractivity contribution >= 4 is 0 Å². The molecule has 1 N–H and O–H groups in total. The first-order valence-corrected chi connectivity index (χ1v) is 5.97. The highest BCUT2D eigenvalue weighted by Gasteiger charge is 2.21. The first-order chi connectivity index (χ1) is 8.69. The Balaban J connectivity index is 2.52. The standard InChI is InChI=1S/C14H19N3O/c1-10-7-5-6-8-11(10)13(15-2)14-12(18-4)9-16-17(14)3/h5-9,13,15H,1-4H3. The quantitative estimate of drug-likeness (QED) is 0.896. The van der Waals surface area contributed by atoms with Crippen LogP contribution in [0.1, 0.15) is 22.9 Å². The first-order valence-electron chi connectivity index (χ1n) is 5.97. The molecule has 0 aliphatic heterocycles. The minimum absolute atomic E-state index is 0.0775. The lowest BCUT2D eigenvalue weighted by Gasteiger charge is -2.20. The molecule has 4 heteroatoms. The summed E-state index contributed by atoms with van der Waals surface area (Å²) in [6, 6.07) is 8.42. The number of nitrogens with zero attached hydrogens (tertiary/aromatic N) is 2. The van der Waals surface area contributed by atoms with Crippen molar-refractivity contribution in [2.45, 2.75) is 13.0 Å². The molecule has 2 rings (SSSR count). The van der Waals surface area contributed by atoms with Gasteiger partial charge in [0.15, 0.2) is 5.75 Å². The molecule has 1 heterocycles. The van der Waals surface area contributed by atoms with Crippen LogP contribution >= 0.6 is 0 Å². The Hall–Kier alpha value is -1.81. The van der Waals surface area contributed by atoms with Gasteiger partial charge in [0.05, 0.1) is 19.3 Å². The van der Waals surface area contributed by atoms with Crippen molar-refractivity contribution < 1.29 is 4.74 Å². The third-order valence-corrected chi connectivity index (χ3v) is 3.23. The van der Waals surface area contributed by atoms with Gasteiger partial charge in [-0.15, -0.1) is 0 Å². The van der Waals surface area contributed by atoms with Crippen molar-refractivity contribution in [3.8, 4) is 5.75 Å². The molecule has 4 nitrogen and oxygen atoms in total. The number of methoxy groups -OCH3 is 1. The van der Waals surface area contributed by atoms with E-state index in [-0.39, 0.29) is 6.04 Å². The number of hydrogen-bond acceptors (Lipinski definition) is 3. The zero-order valence-corrected chi connectivity index (χ0v) is 11.3. The molecular weight excluding hydrogens is 226 g/mol. The van der Waals surface area contributed by atoms with E-state index in [9.17, 15) is 0 Å². The predicted octanol–water partition coefficient (Wildman–Crippen LogP) is 2.05. The van der Waals surface area contributed by atoms with E-state index >= 15 is 0 Å². The van der Waals surface area contributed by atoms with Gasteiger partial charge in [0.1, 0.15) is 5.69 Å². The third kappa shape index (κ3) is 2.11. The summed E-state index contributed by atoms with van der Waals surface area (Å²) < 4.78 is 7.24. The van der Waals surface area contributed by atoms with E-state index in [2.05, 4.69) is 35.5 Å². The molecular formula is C14H19N3O. The second-order valence-corrected chi connectivity index (χ2v) is 4.30. The molecule has 18 heavy (non-hydrogen) atoms. The SMILES string of the molecule is CNC(c1ccccc1C)c1c(OC)cnn1C. The molecule has 0 aliphatic carbocycles. The molecule has 0 aliphatic rings. The highest BCUT2D eigenvalue weighted by atomic mass is 16.5. The van der Waals surface area contributed by atoms with E-state index in [0.717, 1.165) is 11.4 Å². The van der Waals surface area contributed by atoms with Crippen LogP contribution in [0.15, 0.2) is 30.5 Å². The minimum atomic E-state index is 0.0775. The maximum atomic E-state index is 5.39. The van der Waals surface area contributed by atoms with Gasteiger partial charge in [-0.3, -0.25) is 4.68 Å². The molecule has 0 fully saturated rings. The zero-order chi connectivity index (χ0) is 13.1. The lowest BCUT2D eigenvalue weighted by Crippen LogP contribution is -2.22. The zero-order valence-electron chi connectivity index (χ0n) is 11.3. The molecule has 0 radical (unpaired) electrons. The Labute approximate surface area is 108 Å². The lowest BCUT2D eigenvalue weighted by molar-refractivity contribution is 0.402. The van der Waals surface area contributed by atoms with Crippen LogP contribution < -0.4 is 10.1 Å². The third-order valence-electron chi connectivity index (χ3n) is 3.23. The fraction of sp³-hybridized carbons (Fsp3) is 0.357. The maximum Gasteiger partial charge on any atom is 0.161 e. The molecule has 0 saturated heterocycles. The van der Waals surface area contributed by atoms with Crippen molar-refractivity contribution in [3.63, 3.8) is 0 Å². The largest absolute Gasteiger partial charge is 0.493 e. The van der Waals surface area contributed by atoms with Crippen molar-refractivity contribution in [1.82, 2.24) is 15.1 Å². The van der Waals surface area contributed by atoms with Gasteiger partial charge in [-0.25, -0.2) is 0 Å². The van der Waals surface area contributed by atoms with Crippen LogP contribution in [-0.4, -0.2) is 23.9 Å². The number of aromatic nitrogens is 2. The van der Waals surface area contributed by atoms with E-state index in [4.69, 9.17) is 4.74 Å². The fourth-order valence-corrected chi connectivity index (χ4v) is 2.26. The topological polar surface area (TPSA) is 39.1 Å². The summed E-state index contributed by atoms with van der Waals surface area (Å²) >= 11 is 0. The predicted molar refractivity (Wildman–Crippen MR) is 71.8 cm³/mol. The van der Waals surface area contributed by atoms with Crippen molar-refractivity contribution in [2.75, 3.05) is 14.2 Å². The molecule has 0 bridgehead atoms. The van der Waals surface area contributed by atoms with Crippen LogP contribution in [0, 0.1) is 6.92 Å². The molecule has 1 aromatic carbocycles. The van der Waals surface area contributed by atoms with Gasteiger partial charge >= 0.3 is 0 Å². The van der Waals surface area contributed by atoms with Crippen LogP contribution in [-0.2, 0) is 7.05 Å². The summed E-state index contributed by atoms with van der Waals surface area (Å²) in [6.45, 7) is 2.11. The summed E-state index contributed by atoms with van der Waals surface area (Å²) in [5, 5.41) is 7.60. The van der Waals surface area contributed by atoms with E-state index < -0.39 is 0 Å². The van der Waals surface area contributed by atoms with E-state index in [0.29, 0.717) is 0 Å². The minimum Gasteiger partial charge on any atom is -0.493 e. The van der Waals surface area contributed by atoms with Crippen molar-refractivity contribution in [2.24, 2.45) is 7.05 Å². The monoisotopic (exact) mass is 245 g/mol. The summed E-state index contributed by atoms with van der Waals surface area (Å²) in [7, 11) is 5.55. The van der Waals surface area contributed by atoms with Crippen LogP contribution in [0.4, 0.5) is 0 Å². The lowest BCUT2D eigenvalue weighted by atomic mass is 9.98. The van der Waals surface area contributed by atoms with Crippen molar-refractivity contribution in [1.29, 1.82) is 0 Å². The number of benzene rings is 1. The second kappa shape index (κ2) is 5.23. The van der Waals surface area contributed by atoms with Crippen molar-refractivity contribution in [3.05, 3.63) is 47.3 Å². The van der Waals surface area contributed by atoms with Gasteiger partial charge < -0.3 is 10.1 Å². The number of aryl methyl sites for hydroxylation is 2. The Morgan fingerprint density at radius 2 is 2.06 bits per heavy atom. The van der Waals surface area contributed by atoms with Gasteiger partial charge in [0, 0.05) is 7.05 Å². The summed E-state index contributed by atoms with van der Waals surface area (Å²) in [5.74, 6) is 0.806. The Kier molecular flexibility index (Phi) is 3.67. The highest BCUT2D eigenvalue weighted by molar-refractivity contribution is 5.39. The summed E-state index contributed by atoms with van der Waals surface area (Å²) in [5.41, 5.74) is 3.52. The first kappa shape index (κ1) is 12.6. The van der Waals surface area contributed by atoms with Crippen LogP contribution in [0.3, 0.4) is 0 Å². The Morgan fingerprint density at radius 1 is 1.33 bits per heavy atom. The van der Waals surface area contributed by atoms with Crippen LogP contribution in [0.25, 0.3) is 0 Å². The van der Waals surface area contributed by atoms with Gasteiger partial charge in [-0.2, -0.15) is 5.10 Å². The number of rotatable bonds is 4. The number of ether oxygens (including phenoxy) is 1. The molecule has 96 valence electrons. The smallest absolute Gasteiger partial charge is 0.161 e. The Bertz CT molecular complexity index is 534. The maximum absolute atomic E-state index is 5.39. The van der Waals surface area contributed by atoms with Crippen LogP contribution in [0.5, 0.6) is 5.75 Å². The molecule has 0 spiro atoms. The molecule has 0 saturated carbocycles. The summed E-state index contributed by atoms with van der Waals surface area (Å²) in [4.78, 5) is 0. The highest BCUT2D eigenvalue weighted by Crippen LogP contribution is 2.30. The Morgan fingerprint density at radius 3 is 2.67 bits per heavy atom. The molecule has 1 unspecified atom stereocenters. The molecule has 1 aromatic heterocycles. The second-order valence-electron chi connectivity index (χ2n) is 4.30. The molecule has 2 aromatic rings. The van der Waals surface area contributed by atoms with Gasteiger partial charge in [-0.1, -0.05) is 24.3 Å². The van der Waals surface area contributed by atoms with E-state index in [1.54, 1.807) is 13.3 Å². The average molecular weight is 245 g/mol. The fourth-order valence-electron chi connectivity index (χ4n) is 2.26. The van der Waals surface area contributed by atoms with Gasteiger partial charge in [0.25, 0.3) is 0 Å². The average Bonchev–Trinajstić information content (AvgIpc) is 2.74. The molecule has 0 amide bonds. The van der Waals surface area contributed by atoms with E-state index in [1.165, 1.54) is 11.1 Å². The normalized spacial score (nSPS) is 12.4. The van der Waals surface area contributed by atoms with Crippen LogP contribution in [0.2, 0.25) is 0 Å². The summed E-state index contributed by atoms with van der Waals surface area (Å²) in [6.07, 6.45) is 1.75.